The molecule has 0 unspecified atom stereocenters. The Balaban J connectivity index is 0.787. The zero-order valence-corrected chi connectivity index (χ0v) is 43.8. The fourth-order valence-corrected chi connectivity index (χ4v) is 13.3. The predicted molar refractivity (Wildman–Crippen MR) is 333 cm³/mol. The van der Waals surface area contributed by atoms with E-state index in [1.165, 1.54) is 116 Å². The minimum atomic E-state index is -0.263. The highest BCUT2D eigenvalue weighted by Gasteiger charge is 2.37. The molecule has 0 bridgehead atoms. The lowest BCUT2D eigenvalue weighted by molar-refractivity contribution is 0.660. The smallest absolute Gasteiger partial charge is 0.0547 e. The van der Waals surface area contributed by atoms with Gasteiger partial charge in [-0.2, -0.15) is 0 Å². The van der Waals surface area contributed by atoms with Crippen LogP contribution in [0.15, 0.2) is 279 Å². The van der Waals surface area contributed by atoms with Crippen LogP contribution in [0.2, 0.25) is 0 Å². The second-order valence-electron chi connectivity index (χ2n) is 21.7. The van der Waals surface area contributed by atoms with Crippen LogP contribution in [0.1, 0.15) is 25.0 Å². The van der Waals surface area contributed by atoms with Gasteiger partial charge in [0.05, 0.1) is 33.1 Å². The lowest BCUT2D eigenvalue weighted by atomic mass is 9.82. The number of para-hydroxylation sites is 6. The van der Waals surface area contributed by atoms with Crippen LogP contribution in [-0.4, -0.2) is 13.7 Å². The molecule has 4 heteroatoms. The largest absolute Gasteiger partial charge is 0.310 e. The third kappa shape index (κ3) is 6.94. The molecule has 0 amide bonds. The van der Waals surface area contributed by atoms with Gasteiger partial charge in [0, 0.05) is 71.9 Å². The summed E-state index contributed by atoms with van der Waals surface area (Å²) < 4.78 is 7.21. The minimum absolute atomic E-state index is 0.263. The molecule has 79 heavy (non-hydrogen) atoms. The average molecular weight is 1010 g/mol. The summed E-state index contributed by atoms with van der Waals surface area (Å²) in [5, 5.41) is 7.58. The van der Waals surface area contributed by atoms with Crippen molar-refractivity contribution >= 4 is 82.5 Å². The Morgan fingerprint density at radius 3 is 1.10 bits per heavy atom. The highest BCUT2D eigenvalue weighted by Crippen LogP contribution is 2.52. The third-order valence-electron chi connectivity index (χ3n) is 17.1. The molecule has 0 spiro atoms. The first-order chi connectivity index (χ1) is 38.9. The van der Waals surface area contributed by atoms with Crippen LogP contribution in [0, 0.1) is 0 Å². The van der Waals surface area contributed by atoms with Gasteiger partial charge >= 0.3 is 0 Å². The molecule has 3 aromatic heterocycles. The van der Waals surface area contributed by atoms with Gasteiger partial charge in [-0.05, 0) is 154 Å². The summed E-state index contributed by atoms with van der Waals surface area (Å²) in [6.45, 7) is 4.79. The molecule has 3 heterocycles. The Kier molecular flexibility index (Phi) is 9.95. The molecule has 12 aromatic carbocycles. The van der Waals surface area contributed by atoms with Crippen LogP contribution in [-0.2, 0) is 5.41 Å². The van der Waals surface area contributed by atoms with Crippen molar-refractivity contribution in [1.29, 1.82) is 0 Å². The van der Waals surface area contributed by atoms with Crippen molar-refractivity contribution in [3.8, 4) is 50.4 Å². The van der Waals surface area contributed by atoms with Gasteiger partial charge in [0.1, 0.15) is 0 Å². The van der Waals surface area contributed by atoms with E-state index in [4.69, 9.17) is 0 Å². The number of hydrogen-bond acceptors (Lipinski definition) is 1. The standard InChI is InChI=1S/C75H52N4/c1-75(2)67-47-57(41-44-59(67)60-45-42-58(48-68(60)75)79-72-26-14-8-20-63(72)64-21-9-15-27-73(64)79)76(54-35-28-49(29-36-54)50-30-39-56(40-31-50)77-69-23-11-6-18-61(69)62-19-7-12-24-70(62)77)55-37-32-51(33-38-55)52-34-43-66-65-22-10-13-25-71(65)78(74(66)46-52)53-16-4-3-5-17-53/h3-48H,1-2H3. The number of aromatic nitrogens is 3. The Morgan fingerprint density at radius 1 is 0.253 bits per heavy atom. The van der Waals surface area contributed by atoms with Crippen LogP contribution >= 0.6 is 0 Å². The maximum absolute atomic E-state index is 2.45. The van der Waals surface area contributed by atoms with Crippen molar-refractivity contribution in [2.75, 3.05) is 4.90 Å². The highest BCUT2D eigenvalue weighted by atomic mass is 15.1. The second-order valence-corrected chi connectivity index (χ2v) is 21.7. The van der Waals surface area contributed by atoms with Crippen molar-refractivity contribution in [3.63, 3.8) is 0 Å². The molecule has 4 nitrogen and oxygen atoms in total. The number of benzene rings is 12. The molecular formula is C75H52N4. The van der Waals surface area contributed by atoms with E-state index in [9.17, 15) is 0 Å². The Bertz CT molecular complexity index is 4790. The average Bonchev–Trinajstić information content (AvgIpc) is 4.43. The highest BCUT2D eigenvalue weighted by molar-refractivity contribution is 6.12. The van der Waals surface area contributed by atoms with Crippen LogP contribution in [0.25, 0.3) is 116 Å². The number of rotatable bonds is 8. The SMILES string of the molecule is CC1(C)c2cc(N(c3ccc(-c4ccc(-n5c6ccccc6c6ccccc65)cc4)cc3)c3ccc(-c4ccc5c6ccccc6n(-c6ccccc6)c5c4)cc3)ccc2-c2ccc(-n3c4ccccc4c4ccccc43)cc21. The van der Waals surface area contributed by atoms with Gasteiger partial charge in [0.15, 0.2) is 0 Å². The van der Waals surface area contributed by atoms with Gasteiger partial charge in [-0.3, -0.25) is 0 Å². The van der Waals surface area contributed by atoms with Gasteiger partial charge < -0.3 is 18.6 Å². The third-order valence-corrected chi connectivity index (χ3v) is 17.1. The van der Waals surface area contributed by atoms with E-state index >= 15 is 0 Å². The Morgan fingerprint density at radius 2 is 0.595 bits per heavy atom. The molecule has 15 aromatic rings. The van der Waals surface area contributed by atoms with E-state index in [0.29, 0.717) is 0 Å². The lowest BCUT2D eigenvalue weighted by Gasteiger charge is -2.28. The summed E-state index contributed by atoms with van der Waals surface area (Å²) in [6.07, 6.45) is 0. The number of anilines is 3. The van der Waals surface area contributed by atoms with E-state index < -0.39 is 0 Å². The minimum Gasteiger partial charge on any atom is -0.310 e. The van der Waals surface area contributed by atoms with Gasteiger partial charge in [-0.15, -0.1) is 0 Å². The van der Waals surface area contributed by atoms with Crippen LogP contribution in [0.4, 0.5) is 17.1 Å². The van der Waals surface area contributed by atoms with E-state index in [-0.39, 0.29) is 5.41 Å². The summed E-state index contributed by atoms with van der Waals surface area (Å²) in [5.74, 6) is 0. The molecule has 0 fully saturated rings. The van der Waals surface area contributed by atoms with Crippen LogP contribution in [0.3, 0.4) is 0 Å². The summed E-state index contributed by atoms with van der Waals surface area (Å²) in [7, 11) is 0. The monoisotopic (exact) mass is 1010 g/mol. The van der Waals surface area contributed by atoms with E-state index in [1.807, 2.05) is 0 Å². The fraction of sp³-hybridized carbons (Fsp3) is 0.0400. The molecule has 1 aliphatic rings. The summed E-state index contributed by atoms with van der Waals surface area (Å²) >= 11 is 0. The first-order valence-corrected chi connectivity index (χ1v) is 27.4. The molecule has 0 saturated heterocycles. The van der Waals surface area contributed by atoms with E-state index in [0.717, 1.165) is 28.4 Å². The molecule has 372 valence electrons. The van der Waals surface area contributed by atoms with Crippen molar-refractivity contribution in [2.45, 2.75) is 19.3 Å². The molecule has 0 saturated carbocycles. The van der Waals surface area contributed by atoms with E-state index in [1.54, 1.807) is 0 Å². The predicted octanol–water partition coefficient (Wildman–Crippen LogP) is 20.1. The van der Waals surface area contributed by atoms with Crippen molar-refractivity contribution in [2.24, 2.45) is 0 Å². The van der Waals surface area contributed by atoms with Gasteiger partial charge in [0.2, 0.25) is 0 Å². The number of fused-ring (bicyclic) bond motifs is 12. The quantitative estimate of drug-likeness (QED) is 0.148. The normalized spacial score (nSPS) is 12.8. The van der Waals surface area contributed by atoms with Crippen LogP contribution < -0.4 is 4.90 Å². The first-order valence-electron chi connectivity index (χ1n) is 27.4. The van der Waals surface area contributed by atoms with E-state index in [2.05, 4.69) is 312 Å². The molecule has 0 atom stereocenters. The second kappa shape index (κ2) is 17.4. The molecule has 0 radical (unpaired) electrons. The molecule has 1 aliphatic carbocycles. The maximum Gasteiger partial charge on any atom is 0.0547 e. The van der Waals surface area contributed by atoms with Crippen LogP contribution in [0.5, 0.6) is 0 Å². The molecular weight excluding hydrogens is 957 g/mol. The molecule has 0 aliphatic heterocycles. The molecule has 0 N–H and O–H groups in total. The zero-order chi connectivity index (χ0) is 52.3. The number of hydrogen-bond donors (Lipinski definition) is 0. The van der Waals surface area contributed by atoms with Crippen molar-refractivity contribution < 1.29 is 0 Å². The fourth-order valence-electron chi connectivity index (χ4n) is 13.3. The molecule has 16 rings (SSSR count). The summed E-state index contributed by atoms with van der Waals surface area (Å²) in [6, 6.07) is 103. The topological polar surface area (TPSA) is 18.0 Å². The Labute approximate surface area is 458 Å². The summed E-state index contributed by atoms with van der Waals surface area (Å²) in [5.41, 5.74) is 23.7. The maximum atomic E-state index is 2.45. The van der Waals surface area contributed by atoms with Gasteiger partial charge in [-0.25, -0.2) is 0 Å². The van der Waals surface area contributed by atoms with Gasteiger partial charge in [0.25, 0.3) is 0 Å². The van der Waals surface area contributed by atoms with Crippen molar-refractivity contribution in [3.05, 3.63) is 290 Å². The van der Waals surface area contributed by atoms with Crippen molar-refractivity contribution in [1.82, 2.24) is 13.7 Å². The Hall–Kier alpha value is -10.2. The lowest BCUT2D eigenvalue weighted by Crippen LogP contribution is -2.17. The zero-order valence-electron chi connectivity index (χ0n) is 43.8. The first kappa shape index (κ1) is 45.1. The number of nitrogens with zero attached hydrogens (tertiary/aromatic N) is 4. The van der Waals surface area contributed by atoms with Gasteiger partial charge in [-0.1, -0.05) is 184 Å². The summed E-state index contributed by atoms with van der Waals surface area (Å²) in [4.78, 5) is 2.43.